The number of fused-ring (bicyclic) bond motifs is 1. The molecule has 6 heteroatoms. The molecule has 1 aromatic rings. The molecule has 4 nitrogen and oxygen atoms in total. The van der Waals surface area contributed by atoms with Crippen molar-refractivity contribution in [1.82, 2.24) is 0 Å². The van der Waals surface area contributed by atoms with Crippen LogP contribution in [-0.2, 0) is 9.53 Å². The SMILES string of the molecule is CCOC(=O)C1=C(O)Nc2cc(Br)ccc2S1. The number of esters is 1. The van der Waals surface area contributed by atoms with E-state index in [1.54, 1.807) is 6.92 Å². The summed E-state index contributed by atoms with van der Waals surface area (Å²) in [6.45, 7) is 2.00. The van der Waals surface area contributed by atoms with Crippen LogP contribution in [0.25, 0.3) is 0 Å². The highest BCUT2D eigenvalue weighted by molar-refractivity contribution is 9.10. The highest BCUT2D eigenvalue weighted by Crippen LogP contribution is 2.40. The minimum Gasteiger partial charge on any atom is -0.494 e. The van der Waals surface area contributed by atoms with E-state index in [1.165, 1.54) is 11.8 Å². The van der Waals surface area contributed by atoms with Gasteiger partial charge in [0.2, 0.25) is 5.88 Å². The summed E-state index contributed by atoms with van der Waals surface area (Å²) in [4.78, 5) is 12.6. The highest BCUT2D eigenvalue weighted by atomic mass is 79.9. The van der Waals surface area contributed by atoms with Crippen molar-refractivity contribution >= 4 is 39.3 Å². The third-order valence-corrected chi connectivity index (χ3v) is 3.72. The van der Waals surface area contributed by atoms with Crippen molar-refractivity contribution in [1.29, 1.82) is 0 Å². The fourth-order valence-corrected chi connectivity index (χ4v) is 2.59. The fourth-order valence-electron chi connectivity index (χ4n) is 1.37. The number of hydrogen-bond acceptors (Lipinski definition) is 5. The molecule has 0 saturated carbocycles. The van der Waals surface area contributed by atoms with Crippen molar-refractivity contribution in [2.75, 3.05) is 11.9 Å². The van der Waals surface area contributed by atoms with E-state index in [0.29, 0.717) is 0 Å². The Labute approximate surface area is 111 Å². The summed E-state index contributed by atoms with van der Waals surface area (Å²) in [6, 6.07) is 5.57. The van der Waals surface area contributed by atoms with Crippen molar-refractivity contribution in [2.45, 2.75) is 11.8 Å². The molecular weight excluding hydrogens is 306 g/mol. The van der Waals surface area contributed by atoms with Gasteiger partial charge in [-0.3, -0.25) is 0 Å². The molecule has 0 unspecified atom stereocenters. The molecule has 90 valence electrons. The van der Waals surface area contributed by atoms with E-state index < -0.39 is 5.97 Å². The Hall–Kier alpha value is -1.14. The summed E-state index contributed by atoms with van der Waals surface area (Å²) in [5.41, 5.74) is 0.759. The van der Waals surface area contributed by atoms with Gasteiger partial charge in [0.15, 0.2) is 4.91 Å². The zero-order chi connectivity index (χ0) is 12.4. The first-order valence-corrected chi connectivity index (χ1v) is 6.57. The number of benzene rings is 1. The van der Waals surface area contributed by atoms with Crippen molar-refractivity contribution < 1.29 is 14.6 Å². The molecule has 0 amide bonds. The molecule has 0 aliphatic carbocycles. The first-order valence-electron chi connectivity index (χ1n) is 4.96. The second-order valence-electron chi connectivity index (χ2n) is 3.27. The zero-order valence-corrected chi connectivity index (χ0v) is 11.4. The number of anilines is 1. The molecule has 0 fully saturated rings. The average Bonchev–Trinajstić information content (AvgIpc) is 2.28. The van der Waals surface area contributed by atoms with Gasteiger partial charge >= 0.3 is 5.97 Å². The van der Waals surface area contributed by atoms with Crippen molar-refractivity contribution in [3.05, 3.63) is 33.5 Å². The summed E-state index contributed by atoms with van der Waals surface area (Å²) in [5, 5.41) is 12.5. The van der Waals surface area contributed by atoms with Gasteiger partial charge in [0.1, 0.15) is 0 Å². The molecular formula is C11H10BrNO3S. The van der Waals surface area contributed by atoms with E-state index in [4.69, 9.17) is 4.74 Å². The van der Waals surface area contributed by atoms with Gasteiger partial charge in [-0.05, 0) is 25.1 Å². The lowest BCUT2D eigenvalue weighted by Gasteiger charge is -2.19. The number of carbonyl (C=O) groups excluding carboxylic acids is 1. The van der Waals surface area contributed by atoms with Crippen molar-refractivity contribution in [2.24, 2.45) is 0 Å². The number of halogens is 1. The van der Waals surface area contributed by atoms with Gasteiger partial charge in [0.05, 0.1) is 12.3 Å². The monoisotopic (exact) mass is 315 g/mol. The normalized spacial score (nSPS) is 14.0. The van der Waals surface area contributed by atoms with Crippen LogP contribution in [0.3, 0.4) is 0 Å². The first kappa shape index (κ1) is 12.3. The minimum absolute atomic E-state index is 0.168. The number of hydrogen-bond donors (Lipinski definition) is 2. The number of aliphatic hydroxyl groups is 1. The maximum absolute atomic E-state index is 11.6. The van der Waals surface area contributed by atoms with Gasteiger partial charge in [-0.25, -0.2) is 4.79 Å². The molecule has 0 radical (unpaired) electrons. The van der Waals surface area contributed by atoms with Crippen LogP contribution in [0.1, 0.15) is 6.92 Å². The molecule has 17 heavy (non-hydrogen) atoms. The molecule has 2 rings (SSSR count). The van der Waals surface area contributed by atoms with E-state index in [0.717, 1.165) is 15.1 Å². The molecule has 1 aromatic carbocycles. The van der Waals surface area contributed by atoms with E-state index in [1.807, 2.05) is 18.2 Å². The third-order valence-electron chi connectivity index (χ3n) is 2.08. The van der Waals surface area contributed by atoms with E-state index in [-0.39, 0.29) is 17.4 Å². The molecule has 1 heterocycles. The topological polar surface area (TPSA) is 58.6 Å². The maximum Gasteiger partial charge on any atom is 0.350 e. The Kier molecular flexibility index (Phi) is 3.63. The second kappa shape index (κ2) is 5.01. The van der Waals surface area contributed by atoms with Crippen LogP contribution >= 0.6 is 27.7 Å². The van der Waals surface area contributed by atoms with Crippen LogP contribution in [0.2, 0.25) is 0 Å². The van der Waals surface area contributed by atoms with Gasteiger partial charge in [-0.2, -0.15) is 0 Å². The Balaban J connectivity index is 2.29. The largest absolute Gasteiger partial charge is 0.494 e. The van der Waals surface area contributed by atoms with E-state index >= 15 is 0 Å². The number of ether oxygens (including phenoxy) is 1. The van der Waals surface area contributed by atoms with Gasteiger partial charge in [0.25, 0.3) is 0 Å². The van der Waals surface area contributed by atoms with Crippen LogP contribution in [0.5, 0.6) is 0 Å². The smallest absolute Gasteiger partial charge is 0.350 e. The van der Waals surface area contributed by atoms with Crippen LogP contribution < -0.4 is 5.32 Å². The number of thioether (sulfide) groups is 1. The van der Waals surface area contributed by atoms with Gasteiger partial charge < -0.3 is 15.2 Å². The number of aliphatic hydroxyl groups excluding tert-OH is 1. The molecule has 0 spiro atoms. The van der Waals surface area contributed by atoms with Crippen LogP contribution in [0, 0.1) is 0 Å². The second-order valence-corrected chi connectivity index (χ2v) is 5.23. The Morgan fingerprint density at radius 3 is 3.06 bits per heavy atom. The van der Waals surface area contributed by atoms with E-state index in [2.05, 4.69) is 21.2 Å². The summed E-state index contributed by atoms with van der Waals surface area (Å²) in [6.07, 6.45) is 0. The number of rotatable bonds is 2. The van der Waals surface area contributed by atoms with Crippen molar-refractivity contribution in [3.63, 3.8) is 0 Å². The summed E-state index contributed by atoms with van der Waals surface area (Å²) >= 11 is 4.53. The predicted molar refractivity (Wildman–Crippen MR) is 69.9 cm³/mol. The molecule has 0 bridgehead atoms. The number of carbonyl (C=O) groups is 1. The number of nitrogens with one attached hydrogen (secondary N) is 1. The van der Waals surface area contributed by atoms with E-state index in [9.17, 15) is 9.90 Å². The molecule has 1 aliphatic heterocycles. The quantitative estimate of drug-likeness (QED) is 0.820. The minimum atomic E-state index is -0.518. The Morgan fingerprint density at radius 2 is 2.35 bits per heavy atom. The lowest BCUT2D eigenvalue weighted by Crippen LogP contribution is -2.15. The lowest BCUT2D eigenvalue weighted by atomic mass is 10.3. The maximum atomic E-state index is 11.6. The van der Waals surface area contributed by atoms with Crippen LogP contribution in [0.15, 0.2) is 38.4 Å². The van der Waals surface area contributed by atoms with Crippen LogP contribution in [-0.4, -0.2) is 17.7 Å². The molecule has 1 aliphatic rings. The molecule has 2 N–H and O–H groups in total. The standard InChI is InChI=1S/C11H10BrNO3S/c1-2-16-11(15)9-10(14)13-7-5-6(12)3-4-8(7)17-9/h3-5,13-14H,2H2,1H3. The lowest BCUT2D eigenvalue weighted by molar-refractivity contribution is -0.137. The van der Waals surface area contributed by atoms with Gasteiger partial charge in [0, 0.05) is 9.37 Å². The summed E-state index contributed by atoms with van der Waals surface area (Å²) in [7, 11) is 0. The van der Waals surface area contributed by atoms with Gasteiger partial charge in [-0.1, -0.05) is 27.7 Å². The molecule has 0 saturated heterocycles. The zero-order valence-electron chi connectivity index (χ0n) is 8.99. The summed E-state index contributed by atoms with van der Waals surface area (Å²) in [5.74, 6) is -0.685. The van der Waals surface area contributed by atoms with Crippen molar-refractivity contribution in [3.8, 4) is 0 Å². The fraction of sp³-hybridized carbons (Fsp3) is 0.182. The highest BCUT2D eigenvalue weighted by Gasteiger charge is 2.24. The molecule has 0 aromatic heterocycles. The first-order chi connectivity index (χ1) is 8.11. The summed E-state index contributed by atoms with van der Waals surface area (Å²) < 4.78 is 5.76. The predicted octanol–water partition coefficient (Wildman–Crippen LogP) is 3.26. The Morgan fingerprint density at radius 1 is 1.59 bits per heavy atom. The van der Waals surface area contributed by atoms with Gasteiger partial charge in [-0.15, -0.1) is 0 Å². The average molecular weight is 316 g/mol. The van der Waals surface area contributed by atoms with Crippen LogP contribution in [0.4, 0.5) is 5.69 Å². The molecule has 0 atom stereocenters. The Bertz CT molecular complexity index is 501. The third kappa shape index (κ3) is 2.58.